The van der Waals surface area contributed by atoms with E-state index in [1.165, 1.54) is 0 Å². The van der Waals surface area contributed by atoms with Crippen LogP contribution in [-0.4, -0.2) is 36.8 Å². The molecule has 0 atom stereocenters. The Balaban J connectivity index is 2.79. The molecule has 0 radical (unpaired) electrons. The number of anilines is 1. The number of hydrogen-bond acceptors (Lipinski definition) is 4. The highest BCUT2D eigenvalue weighted by Gasteiger charge is 2.09. The number of pyridine rings is 1. The van der Waals surface area contributed by atoms with E-state index in [1.54, 1.807) is 7.11 Å². The van der Waals surface area contributed by atoms with Gasteiger partial charge in [0.1, 0.15) is 5.82 Å². The minimum Gasteiger partial charge on any atom is -0.393 e. The maximum absolute atomic E-state index is 5.55. The van der Waals surface area contributed by atoms with Gasteiger partial charge in [-0.2, -0.15) is 0 Å². The SMILES string of the molecule is COCCN(CCC(N)=S)c1ccc(Br)c(C)n1. The number of aryl methyl sites for hydroxylation is 1. The van der Waals surface area contributed by atoms with Gasteiger partial charge in [0.2, 0.25) is 0 Å². The second-order valence-electron chi connectivity index (χ2n) is 3.93. The van der Waals surface area contributed by atoms with Crippen molar-refractivity contribution in [2.24, 2.45) is 5.73 Å². The molecular weight excluding hydrogens is 314 g/mol. The number of thiocarbonyl (C=S) groups is 1. The van der Waals surface area contributed by atoms with Gasteiger partial charge in [-0.25, -0.2) is 4.98 Å². The normalized spacial score (nSPS) is 10.4. The molecule has 2 N–H and O–H groups in total. The van der Waals surface area contributed by atoms with E-state index in [2.05, 4.69) is 25.8 Å². The molecule has 0 aliphatic carbocycles. The topological polar surface area (TPSA) is 51.4 Å². The van der Waals surface area contributed by atoms with Crippen molar-refractivity contribution in [2.45, 2.75) is 13.3 Å². The van der Waals surface area contributed by atoms with Crippen molar-refractivity contribution >= 4 is 39.0 Å². The summed E-state index contributed by atoms with van der Waals surface area (Å²) in [5.41, 5.74) is 6.51. The van der Waals surface area contributed by atoms with Crippen LogP contribution < -0.4 is 10.6 Å². The highest BCUT2D eigenvalue weighted by molar-refractivity contribution is 9.10. The van der Waals surface area contributed by atoms with E-state index in [-0.39, 0.29) is 0 Å². The average molecular weight is 332 g/mol. The number of aromatic nitrogens is 1. The van der Waals surface area contributed by atoms with Gasteiger partial charge in [-0.3, -0.25) is 0 Å². The van der Waals surface area contributed by atoms with E-state index >= 15 is 0 Å². The fourth-order valence-corrected chi connectivity index (χ4v) is 1.81. The summed E-state index contributed by atoms with van der Waals surface area (Å²) in [7, 11) is 1.69. The first-order valence-corrected chi connectivity index (χ1v) is 6.90. The fourth-order valence-electron chi connectivity index (χ4n) is 1.49. The predicted octanol–water partition coefficient (Wildman–Crippen LogP) is 2.28. The molecule has 18 heavy (non-hydrogen) atoms. The van der Waals surface area contributed by atoms with Crippen molar-refractivity contribution in [1.82, 2.24) is 4.98 Å². The molecule has 6 heteroatoms. The van der Waals surface area contributed by atoms with Gasteiger partial charge < -0.3 is 15.4 Å². The summed E-state index contributed by atoms with van der Waals surface area (Å²) >= 11 is 8.36. The van der Waals surface area contributed by atoms with Gasteiger partial charge in [-0.1, -0.05) is 12.2 Å². The van der Waals surface area contributed by atoms with Crippen LogP contribution in [0.3, 0.4) is 0 Å². The van der Waals surface area contributed by atoms with Gasteiger partial charge >= 0.3 is 0 Å². The molecular formula is C12H18BrN3OS. The van der Waals surface area contributed by atoms with Crippen molar-refractivity contribution in [3.05, 3.63) is 22.3 Å². The largest absolute Gasteiger partial charge is 0.393 e. The molecule has 1 heterocycles. The molecule has 0 aliphatic heterocycles. The predicted molar refractivity (Wildman–Crippen MR) is 82.2 cm³/mol. The Morgan fingerprint density at radius 3 is 2.78 bits per heavy atom. The number of ether oxygens (including phenoxy) is 1. The Hall–Kier alpha value is -0.720. The molecule has 0 aromatic carbocycles. The molecule has 0 fully saturated rings. The summed E-state index contributed by atoms with van der Waals surface area (Å²) in [5, 5.41) is 0. The lowest BCUT2D eigenvalue weighted by atomic mass is 10.3. The van der Waals surface area contributed by atoms with Crippen LogP contribution in [0.15, 0.2) is 16.6 Å². The number of halogens is 1. The molecule has 0 spiro atoms. The summed E-state index contributed by atoms with van der Waals surface area (Å²) in [6, 6.07) is 3.98. The Bertz CT molecular complexity index is 414. The molecule has 0 aliphatic rings. The van der Waals surface area contributed by atoms with E-state index in [4.69, 9.17) is 22.7 Å². The number of nitrogens with zero attached hydrogens (tertiary/aromatic N) is 2. The Morgan fingerprint density at radius 1 is 1.50 bits per heavy atom. The molecule has 100 valence electrons. The third-order valence-electron chi connectivity index (χ3n) is 2.52. The van der Waals surface area contributed by atoms with Gasteiger partial charge in [0.05, 0.1) is 17.3 Å². The zero-order valence-corrected chi connectivity index (χ0v) is 13.1. The molecule has 0 saturated heterocycles. The molecule has 0 saturated carbocycles. The van der Waals surface area contributed by atoms with Crippen LogP contribution in [0.1, 0.15) is 12.1 Å². The average Bonchev–Trinajstić information content (AvgIpc) is 2.33. The lowest BCUT2D eigenvalue weighted by molar-refractivity contribution is 0.205. The van der Waals surface area contributed by atoms with Crippen LogP contribution in [0.2, 0.25) is 0 Å². The van der Waals surface area contributed by atoms with Gasteiger partial charge in [-0.15, -0.1) is 0 Å². The van der Waals surface area contributed by atoms with Crippen molar-refractivity contribution in [1.29, 1.82) is 0 Å². The number of rotatable bonds is 7. The van der Waals surface area contributed by atoms with Gasteiger partial charge in [-0.05, 0) is 35.0 Å². The zero-order valence-electron chi connectivity index (χ0n) is 10.6. The summed E-state index contributed by atoms with van der Waals surface area (Å²) in [6.07, 6.45) is 0.676. The summed E-state index contributed by atoms with van der Waals surface area (Å²) in [6.45, 7) is 4.14. The maximum atomic E-state index is 5.55. The first kappa shape index (κ1) is 15.3. The van der Waals surface area contributed by atoms with Gasteiger partial charge in [0.15, 0.2) is 0 Å². The first-order valence-electron chi connectivity index (χ1n) is 5.70. The summed E-state index contributed by atoms with van der Waals surface area (Å²) < 4.78 is 6.12. The lowest BCUT2D eigenvalue weighted by Crippen LogP contribution is -2.31. The van der Waals surface area contributed by atoms with Crippen LogP contribution in [0.5, 0.6) is 0 Å². The molecule has 0 amide bonds. The molecule has 1 rings (SSSR count). The maximum Gasteiger partial charge on any atom is 0.128 e. The highest BCUT2D eigenvalue weighted by Crippen LogP contribution is 2.19. The minimum atomic E-state index is 0.520. The van der Waals surface area contributed by atoms with Crippen LogP contribution in [0.4, 0.5) is 5.82 Å². The van der Waals surface area contributed by atoms with Gasteiger partial charge in [0, 0.05) is 31.1 Å². The Morgan fingerprint density at radius 2 is 2.22 bits per heavy atom. The molecule has 0 bridgehead atoms. The Labute approximate surface area is 122 Å². The number of nitrogens with two attached hydrogens (primary N) is 1. The van der Waals surface area contributed by atoms with E-state index < -0.39 is 0 Å². The van der Waals surface area contributed by atoms with Crippen LogP contribution >= 0.6 is 28.1 Å². The first-order chi connectivity index (χ1) is 8.54. The Kier molecular flexibility index (Phi) is 6.52. The number of methoxy groups -OCH3 is 1. The van der Waals surface area contributed by atoms with E-state index in [0.29, 0.717) is 18.0 Å². The zero-order chi connectivity index (χ0) is 13.5. The second kappa shape index (κ2) is 7.66. The number of hydrogen-bond donors (Lipinski definition) is 1. The molecule has 4 nitrogen and oxygen atoms in total. The van der Waals surface area contributed by atoms with Crippen LogP contribution in [-0.2, 0) is 4.74 Å². The third kappa shape index (κ3) is 4.88. The van der Waals surface area contributed by atoms with Crippen molar-refractivity contribution in [3.8, 4) is 0 Å². The molecule has 1 aromatic heterocycles. The van der Waals surface area contributed by atoms with Crippen molar-refractivity contribution in [3.63, 3.8) is 0 Å². The van der Waals surface area contributed by atoms with Gasteiger partial charge in [0.25, 0.3) is 0 Å². The van der Waals surface area contributed by atoms with Crippen LogP contribution in [0, 0.1) is 6.92 Å². The van der Waals surface area contributed by atoms with E-state index in [0.717, 1.165) is 29.1 Å². The fraction of sp³-hybridized carbons (Fsp3) is 0.500. The quantitative estimate of drug-likeness (QED) is 0.777. The lowest BCUT2D eigenvalue weighted by Gasteiger charge is -2.23. The third-order valence-corrected chi connectivity index (χ3v) is 3.57. The molecule has 0 unspecified atom stereocenters. The summed E-state index contributed by atoms with van der Waals surface area (Å²) in [4.78, 5) is 7.19. The molecule has 1 aromatic rings. The highest BCUT2D eigenvalue weighted by atomic mass is 79.9. The standard InChI is InChI=1S/C12H18BrN3OS/c1-9-10(13)3-4-12(15-9)16(7-8-17-2)6-5-11(14)18/h3-4H,5-8H2,1-2H3,(H2,14,18). The van der Waals surface area contributed by atoms with Crippen molar-refractivity contribution in [2.75, 3.05) is 31.7 Å². The second-order valence-corrected chi connectivity index (χ2v) is 5.31. The summed E-state index contributed by atoms with van der Waals surface area (Å²) in [5.74, 6) is 0.920. The van der Waals surface area contributed by atoms with E-state index in [9.17, 15) is 0 Å². The smallest absolute Gasteiger partial charge is 0.128 e. The monoisotopic (exact) mass is 331 g/mol. The van der Waals surface area contributed by atoms with Crippen LogP contribution in [0.25, 0.3) is 0 Å². The van der Waals surface area contributed by atoms with E-state index in [1.807, 2.05) is 19.1 Å². The minimum absolute atomic E-state index is 0.520. The van der Waals surface area contributed by atoms with Crippen molar-refractivity contribution < 1.29 is 4.74 Å².